The maximum Gasteiger partial charge on any atom is 0.326 e. The van der Waals surface area contributed by atoms with Gasteiger partial charge in [0.05, 0.1) is 0 Å². The Hall–Kier alpha value is -3.87. The minimum Gasteiger partial charge on any atom is -0.336 e. The van der Waals surface area contributed by atoms with E-state index in [1.807, 2.05) is 49.4 Å². The molecule has 6 nitrogen and oxygen atoms in total. The maximum atomic E-state index is 13.3. The lowest BCUT2D eigenvalue weighted by atomic mass is 10.2. The number of hydrogen-bond acceptors (Lipinski definition) is 2. The van der Waals surface area contributed by atoms with E-state index in [9.17, 15) is 14.0 Å². The molecule has 0 heterocycles. The molecule has 0 spiro atoms. The van der Waals surface area contributed by atoms with Crippen LogP contribution < -0.4 is 20.9 Å². The second-order valence-electron chi connectivity index (χ2n) is 6.62. The number of hydrogen-bond donors (Lipinski definition) is 3. The number of rotatable bonds is 6. The zero-order chi connectivity index (χ0) is 21.3. The number of nitrogens with zero attached hydrogens (tertiary/aromatic N) is 1. The summed E-state index contributed by atoms with van der Waals surface area (Å²) in [4.78, 5) is 26.5. The highest BCUT2D eigenvalue weighted by atomic mass is 19.1. The highest BCUT2D eigenvalue weighted by Crippen LogP contribution is 2.18. The fourth-order valence-electron chi connectivity index (χ4n) is 2.84. The summed E-state index contributed by atoms with van der Waals surface area (Å²) in [6, 6.07) is 21.4. The number of amides is 4. The van der Waals surface area contributed by atoms with Crippen LogP contribution in [0.15, 0.2) is 78.9 Å². The molecular formula is C23H23FN4O2. The average Bonchev–Trinajstić information content (AvgIpc) is 2.74. The molecule has 7 heteroatoms. The average molecular weight is 406 g/mol. The Bertz CT molecular complexity index is 994. The first-order valence-electron chi connectivity index (χ1n) is 9.52. The lowest BCUT2D eigenvalue weighted by molar-refractivity contribution is 0.250. The van der Waals surface area contributed by atoms with Crippen molar-refractivity contribution in [3.8, 4) is 0 Å². The van der Waals surface area contributed by atoms with Gasteiger partial charge in [0.1, 0.15) is 5.82 Å². The molecule has 154 valence electrons. The molecule has 3 N–H and O–H groups in total. The monoisotopic (exact) mass is 406 g/mol. The quantitative estimate of drug-likeness (QED) is 0.539. The number of para-hydroxylation sites is 2. The predicted octanol–water partition coefficient (Wildman–Crippen LogP) is 4.99. The maximum absolute atomic E-state index is 13.3. The fraction of sp³-hybridized carbons (Fsp3) is 0.130. The molecule has 0 saturated carbocycles. The van der Waals surface area contributed by atoms with E-state index in [2.05, 4.69) is 16.0 Å². The van der Waals surface area contributed by atoms with Crippen molar-refractivity contribution in [2.24, 2.45) is 0 Å². The summed E-state index contributed by atoms with van der Waals surface area (Å²) in [7, 11) is 0. The number of anilines is 3. The van der Waals surface area contributed by atoms with Crippen LogP contribution in [-0.2, 0) is 0 Å². The van der Waals surface area contributed by atoms with Crippen LogP contribution in [0.25, 0.3) is 0 Å². The molecule has 0 saturated heterocycles. The predicted molar refractivity (Wildman–Crippen MR) is 117 cm³/mol. The number of nitrogens with one attached hydrogen (secondary N) is 3. The Balaban J connectivity index is 1.65. The SMILES string of the molecule is Cc1ccccc1NC(=O)N(CCNC(=O)Nc1ccccc1)c1ccc(F)cc1. The Morgan fingerprint density at radius 3 is 2.23 bits per heavy atom. The highest BCUT2D eigenvalue weighted by Gasteiger charge is 2.17. The normalized spacial score (nSPS) is 10.2. The van der Waals surface area contributed by atoms with E-state index in [0.29, 0.717) is 17.1 Å². The van der Waals surface area contributed by atoms with E-state index >= 15 is 0 Å². The molecule has 30 heavy (non-hydrogen) atoms. The van der Waals surface area contributed by atoms with Crippen molar-refractivity contribution in [3.05, 3.63) is 90.2 Å². The molecule has 0 bridgehead atoms. The number of carbonyl (C=O) groups excluding carboxylic acids is 2. The zero-order valence-corrected chi connectivity index (χ0v) is 16.6. The van der Waals surface area contributed by atoms with Crippen molar-refractivity contribution in [1.82, 2.24) is 5.32 Å². The molecule has 0 atom stereocenters. The number of benzene rings is 3. The van der Waals surface area contributed by atoms with E-state index in [1.54, 1.807) is 12.1 Å². The standard InChI is InChI=1S/C23H23FN4O2/c1-17-7-5-6-10-21(17)27-23(30)28(20-13-11-18(24)12-14-20)16-15-25-22(29)26-19-8-3-2-4-9-19/h2-14H,15-16H2,1H3,(H,27,30)(H2,25,26,29). The first kappa shape index (κ1) is 20.9. The van der Waals surface area contributed by atoms with Crippen LogP contribution in [0.2, 0.25) is 0 Å². The molecule has 0 unspecified atom stereocenters. The Kier molecular flexibility index (Phi) is 7.00. The summed E-state index contributed by atoms with van der Waals surface area (Å²) in [5, 5.41) is 8.31. The van der Waals surface area contributed by atoms with Crippen molar-refractivity contribution in [2.75, 3.05) is 28.6 Å². The van der Waals surface area contributed by atoms with Gasteiger partial charge in [0, 0.05) is 30.2 Å². The Morgan fingerprint density at radius 2 is 1.53 bits per heavy atom. The Morgan fingerprint density at radius 1 is 0.867 bits per heavy atom. The van der Waals surface area contributed by atoms with E-state index in [-0.39, 0.29) is 25.2 Å². The van der Waals surface area contributed by atoms with Crippen molar-refractivity contribution >= 4 is 29.1 Å². The van der Waals surface area contributed by atoms with Crippen LogP contribution in [-0.4, -0.2) is 25.2 Å². The third-order valence-corrected chi connectivity index (χ3v) is 4.42. The molecular weight excluding hydrogens is 383 g/mol. The third kappa shape index (κ3) is 5.81. The molecule has 0 fully saturated rings. The summed E-state index contributed by atoms with van der Waals surface area (Å²) < 4.78 is 13.3. The van der Waals surface area contributed by atoms with Gasteiger partial charge in [0.25, 0.3) is 0 Å². The van der Waals surface area contributed by atoms with Gasteiger partial charge in [-0.05, 0) is 55.0 Å². The lowest BCUT2D eigenvalue weighted by Gasteiger charge is -2.24. The van der Waals surface area contributed by atoms with Gasteiger partial charge in [0.2, 0.25) is 0 Å². The summed E-state index contributed by atoms with van der Waals surface area (Å²) in [6.07, 6.45) is 0. The highest BCUT2D eigenvalue weighted by molar-refractivity contribution is 6.02. The molecule has 0 aliphatic heterocycles. The van der Waals surface area contributed by atoms with Crippen molar-refractivity contribution < 1.29 is 14.0 Å². The summed E-state index contributed by atoms with van der Waals surface area (Å²) in [6.45, 7) is 2.30. The topological polar surface area (TPSA) is 73.5 Å². The van der Waals surface area contributed by atoms with E-state index < -0.39 is 5.82 Å². The molecule has 3 aromatic rings. The molecule has 3 rings (SSSR count). The smallest absolute Gasteiger partial charge is 0.326 e. The van der Waals surface area contributed by atoms with Gasteiger partial charge in [-0.25, -0.2) is 14.0 Å². The summed E-state index contributed by atoms with van der Waals surface area (Å²) >= 11 is 0. The van der Waals surface area contributed by atoms with Gasteiger partial charge in [-0.15, -0.1) is 0 Å². The van der Waals surface area contributed by atoms with Crippen molar-refractivity contribution in [1.29, 1.82) is 0 Å². The lowest BCUT2D eigenvalue weighted by Crippen LogP contribution is -2.42. The van der Waals surface area contributed by atoms with Crippen LogP contribution in [0.3, 0.4) is 0 Å². The van der Waals surface area contributed by atoms with E-state index in [0.717, 1.165) is 5.56 Å². The third-order valence-electron chi connectivity index (χ3n) is 4.42. The van der Waals surface area contributed by atoms with Crippen molar-refractivity contribution in [3.63, 3.8) is 0 Å². The molecule has 0 aromatic heterocycles. The van der Waals surface area contributed by atoms with E-state index in [4.69, 9.17) is 0 Å². The van der Waals surface area contributed by atoms with Crippen molar-refractivity contribution in [2.45, 2.75) is 6.92 Å². The van der Waals surface area contributed by atoms with Crippen LogP contribution in [0, 0.1) is 12.7 Å². The van der Waals surface area contributed by atoms with E-state index in [1.165, 1.54) is 29.2 Å². The number of carbonyl (C=O) groups is 2. The molecule has 0 radical (unpaired) electrons. The first-order valence-corrected chi connectivity index (χ1v) is 9.52. The molecule has 3 aromatic carbocycles. The first-order chi connectivity index (χ1) is 14.5. The second-order valence-corrected chi connectivity index (χ2v) is 6.62. The van der Waals surface area contributed by atoms with Gasteiger partial charge < -0.3 is 16.0 Å². The zero-order valence-electron chi connectivity index (χ0n) is 16.6. The van der Waals surface area contributed by atoms with Gasteiger partial charge in [-0.2, -0.15) is 0 Å². The molecule has 0 aliphatic rings. The number of aryl methyl sites for hydroxylation is 1. The van der Waals surface area contributed by atoms with Gasteiger partial charge >= 0.3 is 12.1 Å². The van der Waals surface area contributed by atoms with Gasteiger partial charge in [-0.3, -0.25) is 4.90 Å². The largest absolute Gasteiger partial charge is 0.336 e. The van der Waals surface area contributed by atoms with Crippen LogP contribution >= 0.6 is 0 Å². The summed E-state index contributed by atoms with van der Waals surface area (Å²) in [5.41, 5.74) is 2.80. The Labute approximate surface area is 174 Å². The van der Waals surface area contributed by atoms with Crippen LogP contribution in [0.1, 0.15) is 5.56 Å². The van der Waals surface area contributed by atoms with Crippen LogP contribution in [0.5, 0.6) is 0 Å². The minimum atomic E-state index is -0.390. The number of halogens is 1. The summed E-state index contributed by atoms with van der Waals surface area (Å²) in [5.74, 6) is -0.390. The minimum absolute atomic E-state index is 0.200. The number of urea groups is 2. The second kappa shape index (κ2) is 10.1. The fourth-order valence-corrected chi connectivity index (χ4v) is 2.84. The van der Waals surface area contributed by atoms with Gasteiger partial charge in [0.15, 0.2) is 0 Å². The molecule has 4 amide bonds. The van der Waals surface area contributed by atoms with Gasteiger partial charge in [-0.1, -0.05) is 36.4 Å². The molecule has 0 aliphatic carbocycles. The van der Waals surface area contributed by atoms with Crippen LogP contribution in [0.4, 0.5) is 31.0 Å².